The molecule has 0 aliphatic carbocycles. The molecule has 3 nitrogen and oxygen atoms in total. The lowest BCUT2D eigenvalue weighted by molar-refractivity contribution is -0.119. The molecular weight excluding hydrogens is 214 g/mol. The topological polar surface area (TPSA) is 46.2 Å². The number of hydrogen-bond donors (Lipinski definition) is 1. The first-order valence-electron chi connectivity index (χ1n) is 5.48. The van der Waals surface area contributed by atoms with Crippen LogP contribution in [0.15, 0.2) is 23.8 Å². The number of carbonyl (C=O) groups excluding carboxylic acids is 2. The maximum absolute atomic E-state index is 11.4. The normalized spacial score (nSPS) is 9.65. The average Bonchev–Trinajstić information content (AvgIpc) is 2.26. The fraction of sp³-hybridized carbons (Fsp3) is 0.286. The van der Waals surface area contributed by atoms with Crippen LogP contribution >= 0.6 is 0 Å². The molecule has 0 bridgehead atoms. The summed E-state index contributed by atoms with van der Waals surface area (Å²) in [6.07, 6.45) is 1.65. The third-order valence-corrected chi connectivity index (χ3v) is 2.70. The van der Waals surface area contributed by atoms with E-state index < -0.39 is 0 Å². The number of nitrogens with one attached hydrogen (secondary N) is 1. The number of rotatable bonds is 4. The van der Waals surface area contributed by atoms with Crippen molar-refractivity contribution in [2.45, 2.75) is 20.8 Å². The number of Topliss-reactive ketones (excluding diaryl/α,β-unsaturated/α-hetero) is 2. The number of hydrogen-bond acceptors (Lipinski definition) is 3. The second kappa shape index (κ2) is 5.43. The van der Waals surface area contributed by atoms with Crippen LogP contribution in [-0.2, 0) is 9.59 Å². The van der Waals surface area contributed by atoms with E-state index >= 15 is 0 Å². The Bertz CT molecular complexity index is 471. The summed E-state index contributed by atoms with van der Waals surface area (Å²) < 4.78 is 0. The molecule has 0 unspecified atom stereocenters. The lowest BCUT2D eigenvalue weighted by Gasteiger charge is -2.08. The Morgan fingerprint density at radius 1 is 1.18 bits per heavy atom. The van der Waals surface area contributed by atoms with Crippen LogP contribution < -0.4 is 5.32 Å². The third kappa shape index (κ3) is 3.03. The summed E-state index contributed by atoms with van der Waals surface area (Å²) in [5.74, 6) is -0.404. The molecule has 3 heteroatoms. The molecule has 0 atom stereocenters. The van der Waals surface area contributed by atoms with Gasteiger partial charge in [-0.2, -0.15) is 0 Å². The van der Waals surface area contributed by atoms with E-state index in [1.165, 1.54) is 13.8 Å². The molecule has 0 aliphatic rings. The lowest BCUT2D eigenvalue weighted by Crippen LogP contribution is -2.06. The van der Waals surface area contributed by atoms with Gasteiger partial charge in [0.15, 0.2) is 11.6 Å². The van der Waals surface area contributed by atoms with Gasteiger partial charge in [-0.05, 0) is 44.0 Å². The zero-order valence-corrected chi connectivity index (χ0v) is 10.6. The van der Waals surface area contributed by atoms with Crippen molar-refractivity contribution in [2.75, 3.05) is 12.4 Å². The van der Waals surface area contributed by atoms with E-state index in [-0.39, 0.29) is 17.1 Å². The minimum absolute atomic E-state index is 0.202. The van der Waals surface area contributed by atoms with Crippen molar-refractivity contribution < 1.29 is 9.59 Å². The highest BCUT2D eigenvalue weighted by molar-refractivity contribution is 6.21. The fourth-order valence-electron chi connectivity index (χ4n) is 1.69. The summed E-state index contributed by atoms with van der Waals surface area (Å²) >= 11 is 0. The third-order valence-electron chi connectivity index (χ3n) is 2.70. The van der Waals surface area contributed by atoms with Crippen LogP contribution in [0.2, 0.25) is 0 Å². The predicted octanol–water partition coefficient (Wildman–Crippen LogP) is 2.60. The summed E-state index contributed by atoms with van der Waals surface area (Å²) in [7, 11) is 1.84. The Balaban J connectivity index is 3.30. The number of benzene rings is 1. The molecule has 1 aromatic rings. The Morgan fingerprint density at radius 2 is 1.76 bits per heavy atom. The first-order chi connectivity index (χ1) is 7.97. The largest absolute Gasteiger partial charge is 0.388 e. The van der Waals surface area contributed by atoms with Gasteiger partial charge >= 0.3 is 0 Å². The van der Waals surface area contributed by atoms with E-state index in [0.29, 0.717) is 0 Å². The van der Waals surface area contributed by atoms with Gasteiger partial charge in [-0.25, -0.2) is 0 Å². The minimum Gasteiger partial charge on any atom is -0.388 e. The molecule has 0 fully saturated rings. The molecule has 90 valence electrons. The summed E-state index contributed by atoms with van der Waals surface area (Å²) in [6.45, 7) is 4.77. The maximum Gasteiger partial charge on any atom is 0.163 e. The van der Waals surface area contributed by atoms with E-state index in [2.05, 4.69) is 5.32 Å². The minimum atomic E-state index is -0.202. The molecule has 0 amide bonds. The number of anilines is 1. The molecule has 1 N–H and O–H groups in total. The molecule has 0 aliphatic heterocycles. The van der Waals surface area contributed by atoms with Crippen LogP contribution in [0, 0.1) is 6.92 Å². The van der Waals surface area contributed by atoms with Crippen LogP contribution in [0.1, 0.15) is 25.0 Å². The lowest BCUT2D eigenvalue weighted by atomic mass is 10.0. The van der Waals surface area contributed by atoms with Crippen LogP contribution in [-0.4, -0.2) is 18.6 Å². The van der Waals surface area contributed by atoms with Gasteiger partial charge in [-0.1, -0.05) is 12.1 Å². The Morgan fingerprint density at radius 3 is 2.24 bits per heavy atom. The zero-order valence-electron chi connectivity index (χ0n) is 10.6. The van der Waals surface area contributed by atoms with E-state index in [9.17, 15) is 9.59 Å². The van der Waals surface area contributed by atoms with E-state index in [4.69, 9.17) is 0 Å². The van der Waals surface area contributed by atoms with Gasteiger partial charge in [0.1, 0.15) is 0 Å². The second-order valence-corrected chi connectivity index (χ2v) is 3.94. The van der Waals surface area contributed by atoms with Gasteiger partial charge in [0.25, 0.3) is 0 Å². The summed E-state index contributed by atoms with van der Waals surface area (Å²) in [6, 6.07) is 5.73. The number of carbonyl (C=O) groups is 2. The van der Waals surface area contributed by atoms with Crippen molar-refractivity contribution in [1.29, 1.82) is 0 Å². The van der Waals surface area contributed by atoms with Crippen molar-refractivity contribution in [1.82, 2.24) is 0 Å². The van der Waals surface area contributed by atoms with Gasteiger partial charge in [0.05, 0.1) is 5.57 Å². The summed E-state index contributed by atoms with van der Waals surface area (Å²) in [4.78, 5) is 22.7. The standard InChI is InChI=1S/C14H17NO2/c1-9-12(6-5-7-14(9)15-4)8-13(10(2)16)11(3)17/h5-8,15H,1-4H3. The van der Waals surface area contributed by atoms with Crippen molar-refractivity contribution >= 4 is 23.3 Å². The van der Waals surface area contributed by atoms with Crippen LogP contribution in [0.3, 0.4) is 0 Å². The van der Waals surface area contributed by atoms with Crippen LogP contribution in [0.5, 0.6) is 0 Å². The fourth-order valence-corrected chi connectivity index (χ4v) is 1.69. The molecule has 0 saturated heterocycles. The van der Waals surface area contributed by atoms with Crippen molar-refractivity contribution in [3.63, 3.8) is 0 Å². The first kappa shape index (κ1) is 13.2. The highest BCUT2D eigenvalue weighted by Crippen LogP contribution is 2.21. The predicted molar refractivity (Wildman–Crippen MR) is 70.1 cm³/mol. The van der Waals surface area contributed by atoms with Crippen LogP contribution in [0.25, 0.3) is 6.08 Å². The molecule has 0 saturated carbocycles. The van der Waals surface area contributed by atoms with Gasteiger partial charge in [-0.15, -0.1) is 0 Å². The van der Waals surface area contributed by atoms with E-state index in [1.54, 1.807) is 6.08 Å². The van der Waals surface area contributed by atoms with Crippen molar-refractivity contribution in [2.24, 2.45) is 0 Å². The van der Waals surface area contributed by atoms with Crippen LogP contribution in [0.4, 0.5) is 5.69 Å². The molecule has 0 spiro atoms. The summed E-state index contributed by atoms with van der Waals surface area (Å²) in [5, 5.41) is 3.07. The monoisotopic (exact) mass is 231 g/mol. The Labute approximate surface area is 102 Å². The van der Waals surface area contributed by atoms with Crippen molar-refractivity contribution in [3.05, 3.63) is 34.9 Å². The maximum atomic E-state index is 11.4. The van der Waals surface area contributed by atoms with Crippen molar-refractivity contribution in [3.8, 4) is 0 Å². The molecule has 0 radical (unpaired) electrons. The Kier molecular flexibility index (Phi) is 4.21. The molecule has 1 aromatic carbocycles. The van der Waals surface area contributed by atoms with Gasteiger partial charge in [0.2, 0.25) is 0 Å². The molecular formula is C14H17NO2. The van der Waals surface area contributed by atoms with Gasteiger partial charge in [-0.3, -0.25) is 9.59 Å². The molecule has 17 heavy (non-hydrogen) atoms. The van der Waals surface area contributed by atoms with E-state index in [0.717, 1.165) is 16.8 Å². The smallest absolute Gasteiger partial charge is 0.163 e. The highest BCUT2D eigenvalue weighted by Gasteiger charge is 2.10. The zero-order chi connectivity index (χ0) is 13.0. The first-order valence-corrected chi connectivity index (χ1v) is 5.48. The SMILES string of the molecule is CNc1cccc(C=C(C(C)=O)C(C)=O)c1C. The second-order valence-electron chi connectivity index (χ2n) is 3.94. The molecule has 1 rings (SSSR count). The molecule has 0 heterocycles. The average molecular weight is 231 g/mol. The van der Waals surface area contributed by atoms with E-state index in [1.807, 2.05) is 32.2 Å². The number of allylic oxidation sites excluding steroid dienone is 1. The Hall–Kier alpha value is -1.90. The summed E-state index contributed by atoms with van der Waals surface area (Å²) in [5.41, 5.74) is 3.14. The van der Waals surface area contributed by atoms with Gasteiger partial charge in [0, 0.05) is 12.7 Å². The van der Waals surface area contributed by atoms with Gasteiger partial charge < -0.3 is 5.32 Å². The molecule has 0 aromatic heterocycles. The quantitative estimate of drug-likeness (QED) is 0.492. The number of ketones is 2. The highest BCUT2D eigenvalue weighted by atomic mass is 16.1.